The molecule has 0 saturated carbocycles. The molecule has 0 N–H and O–H groups in total. The number of thioether (sulfide) groups is 1. The molecule has 0 atom stereocenters. The molecule has 0 radical (unpaired) electrons. The normalized spacial score (nSPS) is 11.6. The summed E-state index contributed by atoms with van der Waals surface area (Å²) in [6, 6.07) is 3.61. The Balaban J connectivity index is 1.97. The molecule has 0 unspecified atom stereocenters. The van der Waals surface area contributed by atoms with E-state index < -0.39 is 3.93 Å². The summed E-state index contributed by atoms with van der Waals surface area (Å²) in [4.78, 5) is 18.1. The third kappa shape index (κ3) is 6.34. The van der Waals surface area contributed by atoms with Gasteiger partial charge in [-0.05, 0) is 47.4 Å². The summed E-state index contributed by atoms with van der Waals surface area (Å²) >= 11 is 8.68. The van der Waals surface area contributed by atoms with Gasteiger partial charge in [-0.2, -0.15) is 25.6 Å². The number of carbonyl (C=O) groups is 1. The van der Waals surface area contributed by atoms with Crippen molar-refractivity contribution < 1.29 is 13.6 Å². The fraction of sp³-hybridized carbons (Fsp3) is 0.438. The topological polar surface area (TPSA) is 51.0 Å². The van der Waals surface area contributed by atoms with Crippen LogP contribution < -0.4 is 4.90 Å². The molecule has 2 aromatic heterocycles. The van der Waals surface area contributed by atoms with Crippen LogP contribution in [0.5, 0.6) is 0 Å². The van der Waals surface area contributed by atoms with Gasteiger partial charge in [0.05, 0.1) is 18.1 Å². The Morgan fingerprint density at radius 3 is 2.85 bits per heavy atom. The standard InChI is InChI=1S/C16H18ClF2IN4OS/c1-2-23(14(25)5-8-26-9-6-16(18,19)20)13-11-24(22-15(13)17)12-4-3-7-21-10-12/h3-4,7,10-11H,2,5-6,8-9H2,1H3. The lowest BCUT2D eigenvalue weighted by molar-refractivity contribution is -0.118. The first-order valence-corrected chi connectivity index (χ1v) is 10.5. The fourth-order valence-electron chi connectivity index (χ4n) is 2.21. The Labute approximate surface area is 173 Å². The average molecular weight is 515 g/mol. The van der Waals surface area contributed by atoms with Crippen LogP contribution in [0.15, 0.2) is 30.7 Å². The van der Waals surface area contributed by atoms with Gasteiger partial charge in [0.25, 0.3) is 3.93 Å². The first-order valence-electron chi connectivity index (χ1n) is 7.92. The number of hydrogen-bond acceptors (Lipinski definition) is 4. The molecule has 0 bridgehead atoms. The lowest BCUT2D eigenvalue weighted by Gasteiger charge is -2.19. The molecule has 2 rings (SSSR count). The maximum atomic E-state index is 12.8. The van der Waals surface area contributed by atoms with Crippen LogP contribution in [-0.2, 0) is 4.79 Å². The van der Waals surface area contributed by atoms with Gasteiger partial charge in [0, 0.05) is 31.3 Å². The highest BCUT2D eigenvalue weighted by atomic mass is 127. The number of halogens is 4. The van der Waals surface area contributed by atoms with E-state index in [0.717, 1.165) is 28.3 Å². The maximum Gasteiger partial charge on any atom is 0.297 e. The third-order valence-corrected chi connectivity index (χ3v) is 5.25. The van der Waals surface area contributed by atoms with Crippen molar-refractivity contribution in [2.45, 2.75) is 23.7 Å². The van der Waals surface area contributed by atoms with Gasteiger partial charge in [0.2, 0.25) is 5.91 Å². The van der Waals surface area contributed by atoms with Crippen LogP contribution in [0.3, 0.4) is 0 Å². The molecule has 0 aliphatic heterocycles. The summed E-state index contributed by atoms with van der Waals surface area (Å²) in [6.45, 7) is 2.28. The molecule has 2 heterocycles. The molecular formula is C16H18ClF2IN4OS. The molecule has 26 heavy (non-hydrogen) atoms. The molecule has 0 aliphatic carbocycles. The lowest BCUT2D eigenvalue weighted by Crippen LogP contribution is -2.30. The summed E-state index contributed by atoms with van der Waals surface area (Å²) in [6.07, 6.45) is 5.03. The van der Waals surface area contributed by atoms with E-state index in [4.69, 9.17) is 11.6 Å². The van der Waals surface area contributed by atoms with Crippen LogP contribution in [0.4, 0.5) is 14.5 Å². The van der Waals surface area contributed by atoms with E-state index in [9.17, 15) is 13.6 Å². The molecule has 1 amide bonds. The van der Waals surface area contributed by atoms with Gasteiger partial charge in [0.1, 0.15) is 5.69 Å². The molecule has 10 heteroatoms. The molecule has 0 fully saturated rings. The van der Waals surface area contributed by atoms with Crippen LogP contribution in [0.1, 0.15) is 19.8 Å². The minimum atomic E-state index is -2.70. The number of rotatable bonds is 9. The molecule has 0 aromatic carbocycles. The third-order valence-electron chi connectivity index (χ3n) is 3.46. The van der Waals surface area contributed by atoms with Crippen molar-refractivity contribution in [3.05, 3.63) is 35.9 Å². The number of anilines is 1. The Morgan fingerprint density at radius 2 is 2.23 bits per heavy atom. The van der Waals surface area contributed by atoms with Gasteiger partial charge < -0.3 is 4.90 Å². The summed E-state index contributed by atoms with van der Waals surface area (Å²) < 4.78 is 24.4. The van der Waals surface area contributed by atoms with E-state index >= 15 is 0 Å². The zero-order chi connectivity index (χ0) is 19.2. The lowest BCUT2D eigenvalue weighted by atomic mass is 10.3. The molecular weight excluding hydrogens is 497 g/mol. The number of hydrogen-bond donors (Lipinski definition) is 0. The smallest absolute Gasteiger partial charge is 0.297 e. The number of alkyl halides is 3. The van der Waals surface area contributed by atoms with E-state index in [-0.39, 0.29) is 23.9 Å². The van der Waals surface area contributed by atoms with E-state index in [1.54, 1.807) is 34.2 Å². The quantitative estimate of drug-likeness (QED) is 0.274. The highest BCUT2D eigenvalue weighted by molar-refractivity contribution is 14.1. The first kappa shape index (κ1) is 21.4. The minimum absolute atomic E-state index is 0.117. The summed E-state index contributed by atoms with van der Waals surface area (Å²) in [7, 11) is 0. The number of carbonyl (C=O) groups excluding carboxylic acids is 1. The Bertz CT molecular complexity index is 727. The maximum absolute atomic E-state index is 12.8. The van der Waals surface area contributed by atoms with Crippen molar-refractivity contribution in [1.29, 1.82) is 0 Å². The predicted octanol–water partition coefficient (Wildman–Crippen LogP) is 4.81. The van der Waals surface area contributed by atoms with Crippen molar-refractivity contribution in [2.75, 3.05) is 23.0 Å². The van der Waals surface area contributed by atoms with Crippen molar-refractivity contribution >= 4 is 57.5 Å². The van der Waals surface area contributed by atoms with E-state index in [1.807, 2.05) is 13.0 Å². The Hall–Kier alpha value is -0.940. The van der Waals surface area contributed by atoms with Crippen LogP contribution >= 0.6 is 46.0 Å². The second-order valence-electron chi connectivity index (χ2n) is 5.33. The van der Waals surface area contributed by atoms with Gasteiger partial charge in [-0.25, -0.2) is 4.68 Å². The number of aromatic nitrogens is 3. The largest absolute Gasteiger partial charge is 0.308 e. The summed E-state index contributed by atoms with van der Waals surface area (Å²) in [5.41, 5.74) is 1.26. The molecule has 142 valence electrons. The monoisotopic (exact) mass is 514 g/mol. The van der Waals surface area contributed by atoms with Crippen molar-refractivity contribution in [3.8, 4) is 5.69 Å². The average Bonchev–Trinajstić information content (AvgIpc) is 2.97. The van der Waals surface area contributed by atoms with E-state index in [2.05, 4.69) is 10.1 Å². The Kier molecular flexibility index (Phi) is 8.08. The molecule has 0 saturated heterocycles. The van der Waals surface area contributed by atoms with Crippen molar-refractivity contribution in [3.63, 3.8) is 0 Å². The molecule has 5 nitrogen and oxygen atoms in total. The number of nitrogens with zero attached hydrogens (tertiary/aromatic N) is 4. The van der Waals surface area contributed by atoms with Crippen LogP contribution in [-0.4, -0.2) is 42.7 Å². The zero-order valence-corrected chi connectivity index (χ0v) is 17.8. The van der Waals surface area contributed by atoms with Gasteiger partial charge in [0.15, 0.2) is 5.15 Å². The van der Waals surface area contributed by atoms with Crippen molar-refractivity contribution in [2.24, 2.45) is 0 Å². The van der Waals surface area contributed by atoms with Crippen LogP contribution in [0.25, 0.3) is 5.69 Å². The van der Waals surface area contributed by atoms with E-state index in [1.165, 1.54) is 11.8 Å². The minimum Gasteiger partial charge on any atom is -0.308 e. The van der Waals surface area contributed by atoms with Gasteiger partial charge >= 0.3 is 0 Å². The van der Waals surface area contributed by atoms with Gasteiger partial charge in [-0.15, -0.1) is 0 Å². The van der Waals surface area contributed by atoms with Crippen LogP contribution in [0.2, 0.25) is 5.15 Å². The second-order valence-corrected chi connectivity index (χ2v) is 8.49. The van der Waals surface area contributed by atoms with Crippen molar-refractivity contribution in [1.82, 2.24) is 14.8 Å². The van der Waals surface area contributed by atoms with E-state index in [0.29, 0.717) is 23.7 Å². The SMILES string of the molecule is CCN(C(=O)CCSCCC(F)(F)I)c1cn(-c2cccnc2)nc1Cl. The summed E-state index contributed by atoms with van der Waals surface area (Å²) in [5.74, 6) is 0.680. The van der Waals surface area contributed by atoms with Gasteiger partial charge in [-0.3, -0.25) is 9.78 Å². The molecule has 0 aliphatic rings. The molecule has 2 aromatic rings. The second kappa shape index (κ2) is 9.84. The summed E-state index contributed by atoms with van der Waals surface area (Å²) in [5, 5.41) is 4.45. The van der Waals surface area contributed by atoms with Gasteiger partial charge in [-0.1, -0.05) is 11.6 Å². The predicted molar refractivity (Wildman–Crippen MR) is 110 cm³/mol. The highest BCUT2D eigenvalue weighted by Crippen LogP contribution is 2.29. The van der Waals surface area contributed by atoms with Crippen LogP contribution in [0, 0.1) is 0 Å². The zero-order valence-electron chi connectivity index (χ0n) is 14.0. The number of pyridine rings is 1. The Morgan fingerprint density at radius 1 is 1.46 bits per heavy atom. The first-order chi connectivity index (χ1) is 12.3. The fourth-order valence-corrected chi connectivity index (χ4v) is 4.00. The molecule has 0 spiro atoms. The highest BCUT2D eigenvalue weighted by Gasteiger charge is 2.23. The number of amides is 1.